The molecule has 9 heteroatoms. The third kappa shape index (κ3) is 5.78. The van der Waals surface area contributed by atoms with Crippen LogP contribution >= 0.6 is 24.0 Å². The highest BCUT2D eigenvalue weighted by atomic mass is 127. The standard InChI is InChI=1S/C24H26FN7.HI/c1-17-12-18(2)32(30-17)22-7-5-4-6-20(22)15-29-24(26-3)28-14-19-8-9-23(21(25)13-19)31-11-10-27-16-31;/h4-13,16H,14-15H2,1-3H3,(H2,26,28,29);1H. The van der Waals surface area contributed by atoms with Crippen molar-refractivity contribution in [1.82, 2.24) is 30.0 Å². The van der Waals surface area contributed by atoms with Gasteiger partial charge in [0.2, 0.25) is 0 Å². The molecule has 0 saturated carbocycles. The first-order valence-electron chi connectivity index (χ1n) is 10.4. The number of nitrogens with one attached hydrogen (secondary N) is 2. The highest BCUT2D eigenvalue weighted by molar-refractivity contribution is 14.0. The zero-order valence-corrected chi connectivity index (χ0v) is 21.1. The summed E-state index contributed by atoms with van der Waals surface area (Å²) in [6, 6.07) is 15.3. The Morgan fingerprint density at radius 3 is 2.48 bits per heavy atom. The number of aromatic nitrogens is 4. The number of hydrogen-bond donors (Lipinski definition) is 2. The highest BCUT2D eigenvalue weighted by Crippen LogP contribution is 2.17. The zero-order chi connectivity index (χ0) is 22.5. The van der Waals surface area contributed by atoms with Crippen molar-refractivity contribution in [2.24, 2.45) is 4.99 Å². The summed E-state index contributed by atoms with van der Waals surface area (Å²) in [6.45, 7) is 5.05. The molecule has 0 aliphatic carbocycles. The monoisotopic (exact) mass is 559 g/mol. The molecule has 0 fully saturated rings. The fourth-order valence-electron chi connectivity index (χ4n) is 3.60. The van der Waals surface area contributed by atoms with Gasteiger partial charge in [-0.2, -0.15) is 5.10 Å². The lowest BCUT2D eigenvalue weighted by molar-refractivity contribution is 0.615. The Kier molecular flexibility index (Phi) is 8.21. The van der Waals surface area contributed by atoms with Gasteiger partial charge in [-0.25, -0.2) is 14.1 Å². The number of halogens is 2. The van der Waals surface area contributed by atoms with E-state index in [4.69, 9.17) is 0 Å². The molecule has 0 saturated heterocycles. The second-order valence-electron chi connectivity index (χ2n) is 7.50. The summed E-state index contributed by atoms with van der Waals surface area (Å²) in [6.07, 6.45) is 4.91. The van der Waals surface area contributed by atoms with Gasteiger partial charge in [0.1, 0.15) is 5.82 Å². The molecule has 172 valence electrons. The molecule has 2 aromatic carbocycles. The molecule has 4 rings (SSSR count). The fourth-order valence-corrected chi connectivity index (χ4v) is 3.60. The average Bonchev–Trinajstić information content (AvgIpc) is 3.43. The van der Waals surface area contributed by atoms with E-state index in [9.17, 15) is 4.39 Å². The maximum atomic E-state index is 14.5. The molecule has 0 amide bonds. The first-order valence-corrected chi connectivity index (χ1v) is 10.4. The van der Waals surface area contributed by atoms with Crippen molar-refractivity contribution in [1.29, 1.82) is 0 Å². The van der Waals surface area contributed by atoms with Crippen molar-refractivity contribution >= 4 is 29.9 Å². The van der Waals surface area contributed by atoms with E-state index in [-0.39, 0.29) is 29.8 Å². The Bertz CT molecular complexity index is 1230. The quantitative estimate of drug-likeness (QED) is 0.210. The van der Waals surface area contributed by atoms with Crippen LogP contribution < -0.4 is 10.6 Å². The molecule has 0 aliphatic rings. The molecule has 0 bridgehead atoms. The summed E-state index contributed by atoms with van der Waals surface area (Å²) in [4.78, 5) is 8.25. The minimum Gasteiger partial charge on any atom is -0.352 e. The molecule has 33 heavy (non-hydrogen) atoms. The number of imidazole rings is 1. The molecule has 0 unspecified atom stereocenters. The van der Waals surface area contributed by atoms with Gasteiger partial charge in [0, 0.05) is 38.2 Å². The van der Waals surface area contributed by atoms with Gasteiger partial charge in [-0.05, 0) is 49.2 Å². The smallest absolute Gasteiger partial charge is 0.191 e. The first kappa shape index (κ1) is 24.4. The van der Waals surface area contributed by atoms with Crippen LogP contribution in [0.4, 0.5) is 4.39 Å². The minimum atomic E-state index is -0.302. The van der Waals surface area contributed by atoms with E-state index in [0.717, 1.165) is 28.2 Å². The van der Waals surface area contributed by atoms with E-state index in [1.54, 1.807) is 36.4 Å². The Hall–Kier alpha value is -3.21. The number of guanidine groups is 1. The number of aliphatic imine (C=N–C) groups is 1. The summed E-state index contributed by atoms with van der Waals surface area (Å²) in [5.41, 5.74) is 5.47. The van der Waals surface area contributed by atoms with Crippen LogP contribution in [-0.4, -0.2) is 32.3 Å². The Morgan fingerprint density at radius 2 is 1.82 bits per heavy atom. The van der Waals surface area contributed by atoms with Crippen molar-refractivity contribution in [2.45, 2.75) is 26.9 Å². The van der Waals surface area contributed by atoms with Gasteiger partial charge < -0.3 is 15.2 Å². The van der Waals surface area contributed by atoms with E-state index >= 15 is 0 Å². The number of rotatable bonds is 6. The van der Waals surface area contributed by atoms with Crippen LogP contribution in [-0.2, 0) is 13.1 Å². The maximum Gasteiger partial charge on any atom is 0.191 e. The van der Waals surface area contributed by atoms with Crippen LogP contribution in [0, 0.1) is 19.7 Å². The summed E-state index contributed by atoms with van der Waals surface area (Å²) in [5.74, 6) is 0.330. The number of para-hydroxylation sites is 1. The normalized spacial score (nSPS) is 11.2. The van der Waals surface area contributed by atoms with E-state index in [1.165, 1.54) is 6.07 Å². The lowest BCUT2D eigenvalue weighted by Crippen LogP contribution is -2.36. The van der Waals surface area contributed by atoms with E-state index in [2.05, 4.69) is 43.9 Å². The number of aryl methyl sites for hydroxylation is 2. The van der Waals surface area contributed by atoms with Crippen LogP contribution in [0.15, 0.2) is 72.2 Å². The summed E-state index contributed by atoms with van der Waals surface area (Å²) in [7, 11) is 1.71. The fraction of sp³-hybridized carbons (Fsp3) is 0.208. The second kappa shape index (κ2) is 11.1. The van der Waals surface area contributed by atoms with Crippen LogP contribution in [0.2, 0.25) is 0 Å². The van der Waals surface area contributed by atoms with Gasteiger partial charge in [-0.3, -0.25) is 4.99 Å². The lowest BCUT2D eigenvalue weighted by atomic mass is 10.1. The predicted octanol–water partition coefficient (Wildman–Crippen LogP) is 4.30. The summed E-state index contributed by atoms with van der Waals surface area (Å²) in [5, 5.41) is 11.2. The van der Waals surface area contributed by atoms with Gasteiger partial charge in [0.25, 0.3) is 0 Å². The molecule has 2 aromatic heterocycles. The molecule has 7 nitrogen and oxygen atoms in total. The summed E-state index contributed by atoms with van der Waals surface area (Å²) >= 11 is 0. The van der Waals surface area contributed by atoms with Crippen molar-refractivity contribution in [3.05, 3.63) is 95.6 Å². The van der Waals surface area contributed by atoms with Gasteiger partial charge in [0.15, 0.2) is 5.96 Å². The van der Waals surface area contributed by atoms with E-state index in [1.807, 2.05) is 36.7 Å². The van der Waals surface area contributed by atoms with Crippen molar-refractivity contribution in [3.8, 4) is 11.4 Å². The third-order valence-corrected chi connectivity index (χ3v) is 5.15. The average molecular weight is 559 g/mol. The van der Waals surface area contributed by atoms with E-state index in [0.29, 0.717) is 24.7 Å². The molecular weight excluding hydrogens is 532 g/mol. The molecule has 0 aliphatic heterocycles. The third-order valence-electron chi connectivity index (χ3n) is 5.15. The number of nitrogens with zero attached hydrogens (tertiary/aromatic N) is 5. The van der Waals surface area contributed by atoms with Gasteiger partial charge >= 0.3 is 0 Å². The van der Waals surface area contributed by atoms with E-state index < -0.39 is 0 Å². The van der Waals surface area contributed by atoms with Gasteiger partial charge in [0.05, 0.1) is 23.4 Å². The van der Waals surface area contributed by atoms with Crippen molar-refractivity contribution in [2.75, 3.05) is 7.05 Å². The molecule has 2 N–H and O–H groups in total. The molecule has 4 aromatic rings. The topological polar surface area (TPSA) is 72.1 Å². The maximum absolute atomic E-state index is 14.5. The number of hydrogen-bond acceptors (Lipinski definition) is 3. The Balaban J connectivity index is 0.00000306. The minimum absolute atomic E-state index is 0. The largest absolute Gasteiger partial charge is 0.352 e. The second-order valence-corrected chi connectivity index (χ2v) is 7.50. The van der Waals surface area contributed by atoms with Crippen LogP contribution in [0.5, 0.6) is 0 Å². The van der Waals surface area contributed by atoms with Crippen LogP contribution in [0.25, 0.3) is 11.4 Å². The predicted molar refractivity (Wildman–Crippen MR) is 139 cm³/mol. The molecule has 0 spiro atoms. The molecule has 2 heterocycles. The highest BCUT2D eigenvalue weighted by Gasteiger charge is 2.10. The van der Waals surface area contributed by atoms with Crippen LogP contribution in [0.1, 0.15) is 22.5 Å². The first-order chi connectivity index (χ1) is 15.5. The molecular formula is C24H27FIN7. The SMILES string of the molecule is CN=C(NCc1ccc(-n2ccnc2)c(F)c1)NCc1ccccc1-n1nc(C)cc1C.I. The van der Waals surface area contributed by atoms with Gasteiger partial charge in [-0.1, -0.05) is 24.3 Å². The zero-order valence-electron chi connectivity index (χ0n) is 18.8. The van der Waals surface area contributed by atoms with Crippen molar-refractivity contribution < 1.29 is 4.39 Å². The number of benzene rings is 2. The van der Waals surface area contributed by atoms with Crippen LogP contribution in [0.3, 0.4) is 0 Å². The van der Waals surface area contributed by atoms with Crippen molar-refractivity contribution in [3.63, 3.8) is 0 Å². The van der Waals surface area contributed by atoms with Gasteiger partial charge in [-0.15, -0.1) is 24.0 Å². The Morgan fingerprint density at radius 1 is 1.03 bits per heavy atom. The molecule has 0 atom stereocenters. The lowest BCUT2D eigenvalue weighted by Gasteiger charge is -2.15. The molecule has 0 radical (unpaired) electrons. The summed E-state index contributed by atoms with van der Waals surface area (Å²) < 4.78 is 18.1. The Labute approximate surface area is 209 Å².